The van der Waals surface area contributed by atoms with Gasteiger partial charge in [0.25, 0.3) is 0 Å². The predicted octanol–water partition coefficient (Wildman–Crippen LogP) is 3.02. The average molecular weight is 289 g/mol. The van der Waals surface area contributed by atoms with Crippen molar-refractivity contribution < 1.29 is 4.92 Å². The molecule has 0 aromatic carbocycles. The Morgan fingerprint density at radius 3 is 3.00 bits per heavy atom. The fourth-order valence-electron chi connectivity index (χ4n) is 3.09. The van der Waals surface area contributed by atoms with E-state index in [4.69, 9.17) is 0 Å². The molecule has 3 rings (SSSR count). The normalized spacial score (nSPS) is 21.3. The van der Waals surface area contributed by atoms with Crippen LogP contribution in [0.5, 0.6) is 0 Å². The highest BCUT2D eigenvalue weighted by Gasteiger charge is 2.28. The van der Waals surface area contributed by atoms with Crippen molar-refractivity contribution in [3.63, 3.8) is 0 Å². The van der Waals surface area contributed by atoms with Crippen molar-refractivity contribution in [2.45, 2.75) is 45.6 Å². The molecule has 0 aliphatic heterocycles. The molecule has 21 heavy (non-hydrogen) atoms. The largest absolute Gasteiger partial charge is 0.368 e. The molecular formula is C14H19N5O2. The summed E-state index contributed by atoms with van der Waals surface area (Å²) in [5, 5.41) is 18.6. The second-order valence-electron chi connectivity index (χ2n) is 6.46. The summed E-state index contributed by atoms with van der Waals surface area (Å²) in [6.45, 7) is 4.55. The molecular weight excluding hydrogens is 270 g/mol. The second-order valence-corrected chi connectivity index (χ2v) is 6.46. The first kappa shape index (κ1) is 13.8. The maximum Gasteiger partial charge on any atom is 0.368 e. The molecule has 2 aromatic heterocycles. The van der Waals surface area contributed by atoms with Crippen molar-refractivity contribution in [2.24, 2.45) is 5.41 Å². The number of rotatable bonds is 3. The summed E-state index contributed by atoms with van der Waals surface area (Å²) in [4.78, 5) is 14.5. The molecule has 2 aromatic rings. The van der Waals surface area contributed by atoms with Crippen LogP contribution in [0.25, 0.3) is 5.65 Å². The standard InChI is InChI=1S/C14H19N5O2/c1-14(2)7-3-4-10(8-14)16-11-5-6-12-15-9-13(19(20)21)18(12)17-11/h5-6,9-10H,3-4,7-8H2,1-2H3,(H,16,17). The number of hydrogen-bond donors (Lipinski definition) is 1. The van der Waals surface area contributed by atoms with Crippen LogP contribution < -0.4 is 5.32 Å². The lowest BCUT2D eigenvalue weighted by Crippen LogP contribution is -2.32. The maximum absolute atomic E-state index is 10.9. The predicted molar refractivity (Wildman–Crippen MR) is 79.3 cm³/mol. The van der Waals surface area contributed by atoms with E-state index in [1.54, 1.807) is 6.07 Å². The zero-order chi connectivity index (χ0) is 15.0. The van der Waals surface area contributed by atoms with Crippen molar-refractivity contribution in [2.75, 3.05) is 5.32 Å². The SMILES string of the molecule is CC1(C)CCCC(Nc2ccc3ncc([N+](=O)[O-])n3n2)C1. The van der Waals surface area contributed by atoms with Gasteiger partial charge in [-0.3, -0.25) is 0 Å². The number of nitrogens with zero attached hydrogens (tertiary/aromatic N) is 4. The Bertz CT molecular complexity index is 679. The number of aromatic nitrogens is 3. The smallest absolute Gasteiger partial charge is 0.364 e. The van der Waals surface area contributed by atoms with E-state index >= 15 is 0 Å². The van der Waals surface area contributed by atoms with E-state index in [1.807, 2.05) is 6.07 Å². The van der Waals surface area contributed by atoms with Crippen LogP contribution in [-0.2, 0) is 0 Å². The first-order valence-corrected chi connectivity index (χ1v) is 7.20. The summed E-state index contributed by atoms with van der Waals surface area (Å²) in [6.07, 6.45) is 5.85. The van der Waals surface area contributed by atoms with Gasteiger partial charge >= 0.3 is 5.82 Å². The minimum Gasteiger partial charge on any atom is -0.364 e. The molecule has 7 heteroatoms. The molecule has 0 bridgehead atoms. The Morgan fingerprint density at radius 1 is 1.48 bits per heavy atom. The van der Waals surface area contributed by atoms with Crippen molar-refractivity contribution in [1.82, 2.24) is 14.6 Å². The number of hydrogen-bond acceptors (Lipinski definition) is 5. The van der Waals surface area contributed by atoms with Crippen molar-refractivity contribution in [3.05, 3.63) is 28.4 Å². The molecule has 7 nitrogen and oxygen atoms in total. The quantitative estimate of drug-likeness (QED) is 0.693. The number of fused-ring (bicyclic) bond motifs is 1. The fourth-order valence-corrected chi connectivity index (χ4v) is 3.09. The highest BCUT2D eigenvalue weighted by atomic mass is 16.6. The van der Waals surface area contributed by atoms with Gasteiger partial charge < -0.3 is 15.4 Å². The third kappa shape index (κ3) is 2.81. The topological polar surface area (TPSA) is 85.4 Å². The van der Waals surface area contributed by atoms with Gasteiger partial charge in [-0.1, -0.05) is 29.9 Å². The Balaban J connectivity index is 1.84. The van der Waals surface area contributed by atoms with Crippen LogP contribution in [0, 0.1) is 15.5 Å². The van der Waals surface area contributed by atoms with Gasteiger partial charge in [-0.05, 0) is 35.7 Å². The molecule has 1 unspecified atom stereocenters. The van der Waals surface area contributed by atoms with Crippen LogP contribution in [0.2, 0.25) is 0 Å². The maximum atomic E-state index is 10.9. The lowest BCUT2D eigenvalue weighted by Gasteiger charge is -2.35. The Morgan fingerprint density at radius 2 is 2.29 bits per heavy atom. The summed E-state index contributed by atoms with van der Waals surface area (Å²) >= 11 is 0. The van der Waals surface area contributed by atoms with Gasteiger partial charge in [0.2, 0.25) is 5.65 Å². The Labute approximate surface area is 122 Å². The van der Waals surface area contributed by atoms with E-state index in [1.165, 1.54) is 23.6 Å². The highest BCUT2D eigenvalue weighted by Crippen LogP contribution is 2.36. The molecule has 1 aliphatic carbocycles. The molecule has 2 heterocycles. The Hall–Kier alpha value is -2.18. The minimum atomic E-state index is -0.472. The van der Waals surface area contributed by atoms with Gasteiger partial charge in [-0.15, -0.1) is 0 Å². The van der Waals surface area contributed by atoms with Crippen LogP contribution in [0.3, 0.4) is 0 Å². The summed E-state index contributed by atoms with van der Waals surface area (Å²) in [6, 6.07) is 3.94. The van der Waals surface area contributed by atoms with E-state index in [-0.39, 0.29) is 5.82 Å². The highest BCUT2D eigenvalue weighted by molar-refractivity contribution is 5.48. The summed E-state index contributed by atoms with van der Waals surface area (Å²) in [5.74, 6) is 0.545. The third-order valence-electron chi connectivity index (χ3n) is 4.09. The lowest BCUT2D eigenvalue weighted by molar-refractivity contribution is -0.391. The van der Waals surface area contributed by atoms with Gasteiger partial charge in [-0.25, -0.2) is 4.98 Å². The second kappa shape index (κ2) is 4.98. The monoisotopic (exact) mass is 289 g/mol. The molecule has 0 radical (unpaired) electrons. The lowest BCUT2D eigenvalue weighted by atomic mass is 9.75. The molecule has 1 atom stereocenters. The van der Waals surface area contributed by atoms with Gasteiger partial charge in [-0.2, -0.15) is 0 Å². The van der Waals surface area contributed by atoms with Gasteiger partial charge in [0.1, 0.15) is 6.20 Å². The Kier molecular flexibility index (Phi) is 3.27. The molecule has 0 amide bonds. The van der Waals surface area contributed by atoms with E-state index in [2.05, 4.69) is 29.2 Å². The van der Waals surface area contributed by atoms with Crippen LogP contribution >= 0.6 is 0 Å². The summed E-state index contributed by atoms with van der Waals surface area (Å²) in [7, 11) is 0. The van der Waals surface area contributed by atoms with Gasteiger partial charge in [0.15, 0.2) is 5.82 Å². The van der Waals surface area contributed by atoms with Crippen LogP contribution in [0.1, 0.15) is 39.5 Å². The van der Waals surface area contributed by atoms with E-state index in [0.717, 1.165) is 12.8 Å². The van der Waals surface area contributed by atoms with E-state index in [0.29, 0.717) is 22.9 Å². The zero-order valence-corrected chi connectivity index (χ0v) is 12.2. The number of anilines is 1. The van der Waals surface area contributed by atoms with Crippen LogP contribution in [-0.4, -0.2) is 25.6 Å². The fraction of sp³-hybridized carbons (Fsp3) is 0.571. The molecule has 1 fully saturated rings. The van der Waals surface area contributed by atoms with Crippen molar-refractivity contribution >= 4 is 17.3 Å². The van der Waals surface area contributed by atoms with Crippen LogP contribution in [0.15, 0.2) is 18.3 Å². The van der Waals surface area contributed by atoms with E-state index in [9.17, 15) is 10.1 Å². The van der Waals surface area contributed by atoms with Crippen molar-refractivity contribution in [3.8, 4) is 0 Å². The molecule has 1 N–H and O–H groups in total. The molecule has 1 saturated carbocycles. The van der Waals surface area contributed by atoms with Gasteiger partial charge in [0, 0.05) is 12.1 Å². The molecule has 0 spiro atoms. The number of imidazole rings is 1. The summed E-state index contributed by atoms with van der Waals surface area (Å²) in [5.41, 5.74) is 0.817. The minimum absolute atomic E-state index is 0.113. The molecule has 0 saturated heterocycles. The van der Waals surface area contributed by atoms with Crippen LogP contribution in [0.4, 0.5) is 11.6 Å². The number of nitrogens with one attached hydrogen (secondary N) is 1. The first-order valence-electron chi connectivity index (χ1n) is 7.20. The number of nitro groups is 1. The van der Waals surface area contributed by atoms with Gasteiger partial charge in [0.05, 0.1) is 0 Å². The van der Waals surface area contributed by atoms with E-state index < -0.39 is 4.92 Å². The molecule has 112 valence electrons. The van der Waals surface area contributed by atoms with Crippen molar-refractivity contribution in [1.29, 1.82) is 0 Å². The first-order chi connectivity index (χ1) is 9.94. The molecule has 1 aliphatic rings. The zero-order valence-electron chi connectivity index (χ0n) is 12.2. The summed E-state index contributed by atoms with van der Waals surface area (Å²) < 4.78 is 1.27. The average Bonchev–Trinajstić information content (AvgIpc) is 2.80. The third-order valence-corrected chi connectivity index (χ3v) is 4.09.